The Morgan fingerprint density at radius 1 is 1.08 bits per heavy atom. The molecular weight excluding hydrogens is 342 g/mol. The maximum absolute atomic E-state index is 12.5. The highest BCUT2D eigenvalue weighted by atomic mass is 19.3. The fraction of sp³-hybridized carbons (Fsp3) is 0.316. The van der Waals surface area contributed by atoms with Crippen LogP contribution in [0.2, 0.25) is 0 Å². The number of para-hydroxylation sites is 1. The first kappa shape index (κ1) is 19.7. The summed E-state index contributed by atoms with van der Waals surface area (Å²) in [5.74, 6) is 0.133. The number of carbonyl (C=O) groups is 1. The van der Waals surface area contributed by atoms with Crippen LogP contribution in [0.1, 0.15) is 5.56 Å². The second-order valence-corrected chi connectivity index (χ2v) is 5.82. The number of halogens is 2. The molecule has 0 atom stereocenters. The summed E-state index contributed by atoms with van der Waals surface area (Å²) >= 11 is 0. The van der Waals surface area contributed by atoms with Crippen LogP contribution >= 0.6 is 0 Å². The van der Waals surface area contributed by atoms with Crippen molar-refractivity contribution < 1.29 is 23.0 Å². The predicted molar refractivity (Wildman–Crippen MR) is 95.8 cm³/mol. The Morgan fingerprint density at radius 3 is 2.38 bits per heavy atom. The van der Waals surface area contributed by atoms with Crippen LogP contribution in [0, 0.1) is 0 Å². The quantitative estimate of drug-likeness (QED) is 0.720. The summed E-state index contributed by atoms with van der Waals surface area (Å²) in [7, 11) is 4.89. The Bertz CT molecular complexity index is 726. The average molecular weight is 364 g/mol. The Kier molecular flexibility index (Phi) is 6.91. The van der Waals surface area contributed by atoms with Crippen molar-refractivity contribution in [2.75, 3.05) is 32.6 Å². The van der Waals surface area contributed by atoms with E-state index in [4.69, 9.17) is 4.74 Å². The van der Waals surface area contributed by atoms with Gasteiger partial charge in [0.15, 0.2) is 11.5 Å². The summed E-state index contributed by atoms with van der Waals surface area (Å²) in [6.45, 7) is -2.35. The second kappa shape index (κ2) is 9.15. The molecule has 0 unspecified atom stereocenters. The van der Waals surface area contributed by atoms with Gasteiger partial charge >= 0.3 is 6.61 Å². The Balaban J connectivity index is 2.00. The molecule has 7 heteroatoms. The van der Waals surface area contributed by atoms with Gasteiger partial charge in [-0.1, -0.05) is 24.3 Å². The van der Waals surface area contributed by atoms with Crippen LogP contribution in [0.4, 0.5) is 14.5 Å². The standard InChI is InChI=1S/C19H22F2N2O3/c1-22(13-18(24)23(2)15-7-5-4-6-8-15)12-14-9-10-16(25-3)17(11-14)26-19(20)21/h4-11,19H,12-13H2,1-3H3. The van der Waals surface area contributed by atoms with E-state index < -0.39 is 6.61 Å². The number of alkyl halides is 2. The zero-order valence-corrected chi connectivity index (χ0v) is 15.0. The summed E-state index contributed by atoms with van der Waals surface area (Å²) in [6.07, 6.45) is 0. The van der Waals surface area contributed by atoms with Crippen molar-refractivity contribution in [1.82, 2.24) is 4.90 Å². The van der Waals surface area contributed by atoms with Crippen LogP contribution in [-0.2, 0) is 11.3 Å². The lowest BCUT2D eigenvalue weighted by Crippen LogP contribution is -2.36. The SMILES string of the molecule is COc1ccc(CN(C)CC(=O)N(C)c2ccccc2)cc1OC(F)F. The van der Waals surface area contributed by atoms with Crippen molar-refractivity contribution in [3.63, 3.8) is 0 Å². The van der Waals surface area contributed by atoms with Crippen LogP contribution in [0.15, 0.2) is 48.5 Å². The molecule has 0 spiro atoms. The first-order chi connectivity index (χ1) is 12.4. The number of hydrogen-bond acceptors (Lipinski definition) is 4. The van der Waals surface area contributed by atoms with Gasteiger partial charge in [-0.2, -0.15) is 8.78 Å². The van der Waals surface area contributed by atoms with E-state index in [2.05, 4.69) is 4.74 Å². The van der Waals surface area contributed by atoms with Crippen molar-refractivity contribution in [3.8, 4) is 11.5 Å². The lowest BCUT2D eigenvalue weighted by Gasteiger charge is -2.22. The summed E-state index contributed by atoms with van der Waals surface area (Å²) in [6, 6.07) is 14.1. The number of rotatable bonds is 8. The third kappa shape index (κ3) is 5.42. The monoisotopic (exact) mass is 364 g/mol. The smallest absolute Gasteiger partial charge is 0.387 e. The van der Waals surface area contributed by atoms with Crippen molar-refractivity contribution in [3.05, 3.63) is 54.1 Å². The molecule has 0 bridgehead atoms. The molecule has 2 rings (SSSR count). The molecule has 2 aromatic carbocycles. The zero-order chi connectivity index (χ0) is 19.1. The second-order valence-electron chi connectivity index (χ2n) is 5.82. The fourth-order valence-electron chi connectivity index (χ4n) is 2.51. The fourth-order valence-corrected chi connectivity index (χ4v) is 2.51. The molecule has 0 saturated carbocycles. The third-order valence-electron chi connectivity index (χ3n) is 3.82. The number of methoxy groups -OCH3 is 1. The number of carbonyl (C=O) groups excluding carboxylic acids is 1. The molecule has 1 amide bonds. The average Bonchev–Trinajstić information content (AvgIpc) is 2.61. The van der Waals surface area contributed by atoms with E-state index in [1.807, 2.05) is 30.3 Å². The van der Waals surface area contributed by atoms with Crippen LogP contribution in [0.5, 0.6) is 11.5 Å². The van der Waals surface area contributed by atoms with Gasteiger partial charge in [-0.3, -0.25) is 9.69 Å². The number of nitrogens with zero attached hydrogens (tertiary/aromatic N) is 2. The normalized spacial score (nSPS) is 10.9. The van der Waals surface area contributed by atoms with E-state index in [-0.39, 0.29) is 24.0 Å². The lowest BCUT2D eigenvalue weighted by atomic mass is 10.2. The highest BCUT2D eigenvalue weighted by Crippen LogP contribution is 2.29. The Labute approximate surface area is 151 Å². The van der Waals surface area contributed by atoms with Gasteiger partial charge in [0, 0.05) is 19.3 Å². The number of ether oxygens (including phenoxy) is 2. The molecule has 140 valence electrons. The minimum absolute atomic E-state index is 0.0267. The van der Waals surface area contributed by atoms with Gasteiger partial charge in [-0.05, 0) is 36.9 Å². The van der Waals surface area contributed by atoms with Gasteiger partial charge in [0.1, 0.15) is 0 Å². The first-order valence-corrected chi connectivity index (χ1v) is 8.02. The van der Waals surface area contributed by atoms with E-state index in [0.29, 0.717) is 6.54 Å². The lowest BCUT2D eigenvalue weighted by molar-refractivity contribution is -0.119. The van der Waals surface area contributed by atoms with Crippen LogP contribution in [-0.4, -0.2) is 45.2 Å². The molecule has 0 fully saturated rings. The highest BCUT2D eigenvalue weighted by molar-refractivity contribution is 5.94. The van der Waals surface area contributed by atoms with Crippen molar-refractivity contribution in [2.45, 2.75) is 13.2 Å². The van der Waals surface area contributed by atoms with Gasteiger partial charge in [0.05, 0.1) is 13.7 Å². The van der Waals surface area contributed by atoms with E-state index in [9.17, 15) is 13.6 Å². The molecule has 0 aliphatic heterocycles. The predicted octanol–water partition coefficient (Wildman–Crippen LogP) is 3.39. The van der Waals surface area contributed by atoms with Crippen molar-refractivity contribution >= 4 is 11.6 Å². The third-order valence-corrected chi connectivity index (χ3v) is 3.82. The molecule has 0 N–H and O–H groups in total. The van der Waals surface area contributed by atoms with Gasteiger partial charge in [0.2, 0.25) is 5.91 Å². The Hall–Kier alpha value is -2.67. The van der Waals surface area contributed by atoms with E-state index in [1.165, 1.54) is 13.2 Å². The molecule has 0 radical (unpaired) electrons. The summed E-state index contributed by atoms with van der Waals surface area (Å²) in [5, 5.41) is 0. The number of hydrogen-bond donors (Lipinski definition) is 0. The number of likely N-dealkylation sites (N-methyl/N-ethyl adjacent to an activating group) is 2. The molecule has 0 aliphatic rings. The van der Waals surface area contributed by atoms with Gasteiger partial charge < -0.3 is 14.4 Å². The topological polar surface area (TPSA) is 42.0 Å². The van der Waals surface area contributed by atoms with E-state index >= 15 is 0 Å². The highest BCUT2D eigenvalue weighted by Gasteiger charge is 2.15. The van der Waals surface area contributed by atoms with Crippen LogP contribution < -0.4 is 14.4 Å². The van der Waals surface area contributed by atoms with Gasteiger partial charge in [-0.15, -0.1) is 0 Å². The maximum atomic E-state index is 12.5. The van der Waals surface area contributed by atoms with E-state index in [0.717, 1.165) is 11.3 Å². The molecule has 2 aromatic rings. The number of benzene rings is 2. The molecule has 0 aromatic heterocycles. The molecule has 0 saturated heterocycles. The van der Waals surface area contributed by atoms with Crippen molar-refractivity contribution in [1.29, 1.82) is 0 Å². The molecule has 0 aliphatic carbocycles. The number of amides is 1. The molecule has 5 nitrogen and oxygen atoms in total. The molecule has 0 heterocycles. The largest absolute Gasteiger partial charge is 0.493 e. The van der Waals surface area contributed by atoms with Gasteiger partial charge in [-0.25, -0.2) is 0 Å². The summed E-state index contributed by atoms with van der Waals surface area (Å²) < 4.78 is 34.5. The minimum atomic E-state index is -2.93. The van der Waals surface area contributed by atoms with E-state index in [1.54, 1.807) is 36.0 Å². The van der Waals surface area contributed by atoms with Crippen LogP contribution in [0.25, 0.3) is 0 Å². The summed E-state index contributed by atoms with van der Waals surface area (Å²) in [5.41, 5.74) is 1.54. The zero-order valence-electron chi connectivity index (χ0n) is 15.0. The van der Waals surface area contributed by atoms with Gasteiger partial charge in [0.25, 0.3) is 0 Å². The van der Waals surface area contributed by atoms with Crippen molar-refractivity contribution in [2.24, 2.45) is 0 Å². The minimum Gasteiger partial charge on any atom is -0.493 e. The Morgan fingerprint density at radius 2 is 1.77 bits per heavy atom. The molecule has 26 heavy (non-hydrogen) atoms. The summed E-state index contributed by atoms with van der Waals surface area (Å²) in [4.78, 5) is 15.8. The number of anilines is 1. The maximum Gasteiger partial charge on any atom is 0.387 e. The first-order valence-electron chi connectivity index (χ1n) is 8.02. The molecular formula is C19H22F2N2O3. The van der Waals surface area contributed by atoms with Crippen LogP contribution in [0.3, 0.4) is 0 Å².